The van der Waals surface area contributed by atoms with Crippen LogP contribution in [0.1, 0.15) is 23.2 Å². The van der Waals surface area contributed by atoms with Crippen LogP contribution in [0.2, 0.25) is 0 Å². The van der Waals surface area contributed by atoms with Gasteiger partial charge in [-0.3, -0.25) is 4.79 Å². The fourth-order valence-corrected chi connectivity index (χ4v) is 3.14. The first-order valence-corrected chi connectivity index (χ1v) is 9.75. The van der Waals surface area contributed by atoms with E-state index in [-0.39, 0.29) is 18.6 Å². The number of carbonyl (C=O) groups is 2. The average molecular weight is 481 g/mol. The van der Waals surface area contributed by atoms with Crippen molar-refractivity contribution in [3.63, 3.8) is 0 Å². The monoisotopic (exact) mass is 481 g/mol. The van der Waals surface area contributed by atoms with Crippen LogP contribution >= 0.6 is 22.6 Å². The summed E-state index contributed by atoms with van der Waals surface area (Å²) in [4.78, 5) is 24.0. The number of rotatable bonds is 7. The van der Waals surface area contributed by atoms with Gasteiger partial charge in [0.25, 0.3) is 5.91 Å². The number of hydrogen-bond acceptors (Lipinski definition) is 5. The lowest BCUT2D eigenvalue weighted by Crippen LogP contribution is -2.21. The molecule has 1 saturated heterocycles. The summed E-state index contributed by atoms with van der Waals surface area (Å²) in [6.45, 7) is 0.944. The van der Waals surface area contributed by atoms with Gasteiger partial charge in [0.1, 0.15) is 12.4 Å². The predicted molar refractivity (Wildman–Crippen MR) is 109 cm³/mol. The Balaban J connectivity index is 1.44. The van der Waals surface area contributed by atoms with Gasteiger partial charge in [-0.25, -0.2) is 4.79 Å². The fraction of sp³-hybridized carbons (Fsp3) is 0.300. The molecule has 1 N–H and O–H groups in total. The molecular weight excluding hydrogens is 461 g/mol. The highest BCUT2D eigenvalue weighted by Gasteiger charge is 2.16. The lowest BCUT2D eigenvalue weighted by Gasteiger charge is -2.11. The van der Waals surface area contributed by atoms with Crippen LogP contribution in [0, 0.1) is 3.57 Å². The summed E-state index contributed by atoms with van der Waals surface area (Å²) in [5, 5.41) is 2.71. The molecule has 0 bridgehead atoms. The zero-order chi connectivity index (χ0) is 19.1. The zero-order valence-corrected chi connectivity index (χ0v) is 16.8. The van der Waals surface area contributed by atoms with Crippen molar-refractivity contribution in [3.05, 3.63) is 57.7 Å². The van der Waals surface area contributed by atoms with E-state index < -0.39 is 5.97 Å². The Bertz CT molecular complexity index is 787. The first-order valence-electron chi connectivity index (χ1n) is 8.68. The number of amides is 1. The molecule has 0 spiro atoms. The summed E-state index contributed by atoms with van der Waals surface area (Å²) < 4.78 is 17.1. The number of carbonyl (C=O) groups excluding carboxylic acids is 2. The second-order valence-corrected chi connectivity index (χ2v) is 7.24. The van der Waals surface area contributed by atoms with Crippen LogP contribution in [0.15, 0.2) is 48.5 Å². The fourth-order valence-electron chi connectivity index (χ4n) is 2.62. The van der Waals surface area contributed by atoms with Crippen molar-refractivity contribution in [2.75, 3.05) is 25.1 Å². The third-order valence-corrected chi connectivity index (χ3v) is 4.97. The minimum absolute atomic E-state index is 0.140. The highest BCUT2D eigenvalue weighted by molar-refractivity contribution is 14.1. The van der Waals surface area contributed by atoms with Gasteiger partial charge in [0, 0.05) is 10.2 Å². The van der Waals surface area contributed by atoms with E-state index in [2.05, 4.69) is 27.9 Å². The number of anilines is 1. The molecule has 1 unspecified atom stereocenters. The molecule has 1 aliphatic rings. The summed E-state index contributed by atoms with van der Waals surface area (Å²) in [5.41, 5.74) is 1.05. The average Bonchev–Trinajstić information content (AvgIpc) is 3.20. The van der Waals surface area contributed by atoms with Crippen LogP contribution in [-0.4, -0.2) is 37.8 Å². The first kappa shape index (κ1) is 19.6. The molecule has 2 aromatic rings. The maximum atomic E-state index is 12.1. The maximum absolute atomic E-state index is 12.1. The van der Waals surface area contributed by atoms with E-state index in [0.29, 0.717) is 23.6 Å². The van der Waals surface area contributed by atoms with Gasteiger partial charge in [-0.15, -0.1) is 0 Å². The van der Waals surface area contributed by atoms with Gasteiger partial charge < -0.3 is 19.5 Å². The van der Waals surface area contributed by atoms with Crippen LogP contribution < -0.4 is 10.1 Å². The zero-order valence-electron chi connectivity index (χ0n) is 14.7. The van der Waals surface area contributed by atoms with Crippen LogP contribution in [0.3, 0.4) is 0 Å². The number of para-hydroxylation sites is 1. The lowest BCUT2D eigenvalue weighted by atomic mass is 10.2. The Hall–Kier alpha value is -2.13. The summed E-state index contributed by atoms with van der Waals surface area (Å²) in [5.74, 6) is -0.277. The number of hydrogen-bond donors (Lipinski definition) is 1. The van der Waals surface area contributed by atoms with E-state index in [0.717, 1.165) is 23.0 Å². The molecule has 0 saturated carbocycles. The van der Waals surface area contributed by atoms with Gasteiger partial charge in [-0.05, 0) is 71.8 Å². The number of halogens is 1. The van der Waals surface area contributed by atoms with E-state index >= 15 is 0 Å². The number of ether oxygens (including phenoxy) is 3. The molecule has 0 radical (unpaired) electrons. The van der Waals surface area contributed by atoms with Crippen molar-refractivity contribution in [2.45, 2.75) is 18.9 Å². The quantitative estimate of drug-likeness (QED) is 0.483. The molecule has 2 aromatic carbocycles. The van der Waals surface area contributed by atoms with Crippen molar-refractivity contribution in [1.29, 1.82) is 0 Å². The van der Waals surface area contributed by atoms with Crippen LogP contribution in [0.5, 0.6) is 5.75 Å². The SMILES string of the molecule is O=C(COC(=O)c1ccc(OCC2CCCO2)cc1)Nc1ccccc1I. The maximum Gasteiger partial charge on any atom is 0.338 e. The molecule has 7 heteroatoms. The largest absolute Gasteiger partial charge is 0.491 e. The molecule has 6 nitrogen and oxygen atoms in total. The highest BCUT2D eigenvalue weighted by Crippen LogP contribution is 2.18. The predicted octanol–water partition coefficient (Wildman–Crippen LogP) is 3.64. The Morgan fingerprint density at radius 1 is 1.15 bits per heavy atom. The number of esters is 1. The molecule has 1 fully saturated rings. The first-order chi connectivity index (χ1) is 13.1. The summed E-state index contributed by atoms with van der Waals surface area (Å²) in [6.07, 6.45) is 2.21. The summed E-state index contributed by atoms with van der Waals surface area (Å²) >= 11 is 2.12. The van der Waals surface area contributed by atoms with E-state index in [1.54, 1.807) is 30.3 Å². The smallest absolute Gasteiger partial charge is 0.338 e. The van der Waals surface area contributed by atoms with Crippen molar-refractivity contribution in [2.24, 2.45) is 0 Å². The Labute approximate surface area is 171 Å². The topological polar surface area (TPSA) is 73.9 Å². The van der Waals surface area contributed by atoms with Gasteiger partial charge in [-0.2, -0.15) is 0 Å². The van der Waals surface area contributed by atoms with E-state index in [1.165, 1.54) is 0 Å². The van der Waals surface area contributed by atoms with E-state index in [1.807, 2.05) is 18.2 Å². The molecule has 3 rings (SSSR count). The third kappa shape index (κ3) is 5.93. The van der Waals surface area contributed by atoms with E-state index in [4.69, 9.17) is 14.2 Å². The molecule has 0 aromatic heterocycles. The van der Waals surface area contributed by atoms with Gasteiger partial charge in [0.2, 0.25) is 0 Å². The Morgan fingerprint density at radius 3 is 2.63 bits per heavy atom. The molecule has 27 heavy (non-hydrogen) atoms. The normalized spacial score (nSPS) is 16.0. The molecule has 1 atom stereocenters. The molecule has 0 aliphatic carbocycles. The second kappa shape index (κ2) is 9.70. The van der Waals surface area contributed by atoms with Crippen LogP contribution in [0.4, 0.5) is 5.69 Å². The Kier molecular flexibility index (Phi) is 7.05. The van der Waals surface area contributed by atoms with Crippen molar-refractivity contribution >= 4 is 40.2 Å². The number of nitrogens with one attached hydrogen (secondary N) is 1. The lowest BCUT2D eigenvalue weighted by molar-refractivity contribution is -0.119. The standard InChI is InChI=1S/C20H20INO5/c21-17-5-1-2-6-18(17)22-19(23)13-27-20(24)14-7-9-15(10-8-14)26-12-16-4-3-11-25-16/h1-2,5-10,16H,3-4,11-13H2,(H,22,23). The van der Waals surface area contributed by atoms with E-state index in [9.17, 15) is 9.59 Å². The van der Waals surface area contributed by atoms with Crippen molar-refractivity contribution < 1.29 is 23.8 Å². The molecular formula is C20H20INO5. The molecule has 142 valence electrons. The third-order valence-electron chi connectivity index (χ3n) is 4.03. The van der Waals surface area contributed by atoms with Gasteiger partial charge in [0.05, 0.1) is 17.4 Å². The van der Waals surface area contributed by atoms with Crippen molar-refractivity contribution in [1.82, 2.24) is 0 Å². The van der Waals surface area contributed by atoms with Gasteiger partial charge in [-0.1, -0.05) is 12.1 Å². The van der Waals surface area contributed by atoms with Gasteiger partial charge >= 0.3 is 5.97 Å². The highest BCUT2D eigenvalue weighted by atomic mass is 127. The Morgan fingerprint density at radius 2 is 1.93 bits per heavy atom. The molecule has 1 heterocycles. The van der Waals surface area contributed by atoms with Crippen LogP contribution in [-0.2, 0) is 14.3 Å². The van der Waals surface area contributed by atoms with Crippen molar-refractivity contribution in [3.8, 4) is 5.75 Å². The number of benzene rings is 2. The minimum atomic E-state index is -0.557. The second-order valence-electron chi connectivity index (χ2n) is 6.07. The molecule has 1 aliphatic heterocycles. The molecule has 1 amide bonds. The van der Waals surface area contributed by atoms with Gasteiger partial charge in [0.15, 0.2) is 6.61 Å². The van der Waals surface area contributed by atoms with Crippen LogP contribution in [0.25, 0.3) is 0 Å². The summed E-state index contributed by atoms with van der Waals surface area (Å²) in [6, 6.07) is 14.0. The minimum Gasteiger partial charge on any atom is -0.491 e. The summed E-state index contributed by atoms with van der Waals surface area (Å²) in [7, 11) is 0.